The number of carbonyl (C=O) groups is 1. The monoisotopic (exact) mass is 329 g/mol. The minimum absolute atomic E-state index is 0.0330. The third-order valence-corrected chi connectivity index (χ3v) is 4.33. The van der Waals surface area contributed by atoms with E-state index in [1.165, 1.54) is 12.1 Å². The zero-order valence-corrected chi connectivity index (χ0v) is 13.5. The quantitative estimate of drug-likeness (QED) is 0.625. The van der Waals surface area contributed by atoms with Crippen molar-refractivity contribution >= 4 is 23.2 Å². The molecule has 0 aromatic heterocycles. The summed E-state index contributed by atoms with van der Waals surface area (Å²) < 4.78 is 13.1. The van der Waals surface area contributed by atoms with E-state index in [9.17, 15) is 9.18 Å². The van der Waals surface area contributed by atoms with Crippen LogP contribution in [0.3, 0.4) is 0 Å². The van der Waals surface area contributed by atoms with Crippen molar-refractivity contribution in [2.45, 2.75) is 6.54 Å². The number of hydrogen-bond acceptors (Lipinski definition) is 1. The van der Waals surface area contributed by atoms with Crippen LogP contribution < -0.4 is 4.90 Å². The number of benzene rings is 3. The Morgan fingerprint density at radius 2 is 1.52 bits per heavy atom. The van der Waals surface area contributed by atoms with Gasteiger partial charge in [0.2, 0.25) is 0 Å². The van der Waals surface area contributed by atoms with Gasteiger partial charge >= 0.3 is 0 Å². The average molecular weight is 329 g/mol. The fraction of sp³-hybridized carbons (Fsp3) is 0.0455. The second-order valence-electron chi connectivity index (χ2n) is 6.00. The zero-order chi connectivity index (χ0) is 17.2. The van der Waals surface area contributed by atoms with Crippen molar-refractivity contribution in [3.63, 3.8) is 0 Å². The summed E-state index contributed by atoms with van der Waals surface area (Å²) in [4.78, 5) is 14.8. The van der Waals surface area contributed by atoms with Gasteiger partial charge in [-0.25, -0.2) is 4.39 Å². The maximum Gasteiger partial charge on any atom is 0.259 e. The van der Waals surface area contributed by atoms with Crippen molar-refractivity contribution in [2.24, 2.45) is 0 Å². The van der Waals surface area contributed by atoms with Gasteiger partial charge in [0.25, 0.3) is 5.91 Å². The molecule has 2 nitrogen and oxygen atoms in total. The minimum Gasteiger partial charge on any atom is -0.303 e. The molecule has 0 bridgehead atoms. The number of fused-ring (bicyclic) bond motifs is 1. The molecule has 0 atom stereocenters. The lowest BCUT2D eigenvalue weighted by molar-refractivity contribution is -0.113. The molecular formula is C22H16FNO. The first kappa shape index (κ1) is 15.3. The second-order valence-corrected chi connectivity index (χ2v) is 6.00. The second kappa shape index (κ2) is 6.36. The zero-order valence-electron chi connectivity index (χ0n) is 13.5. The summed E-state index contributed by atoms with van der Waals surface area (Å²) >= 11 is 0. The highest BCUT2D eigenvalue weighted by Gasteiger charge is 2.31. The number of hydrogen-bond donors (Lipinski definition) is 0. The van der Waals surface area contributed by atoms with Crippen LogP contribution in [0.2, 0.25) is 0 Å². The van der Waals surface area contributed by atoms with Gasteiger partial charge in [-0.05, 0) is 35.4 Å². The van der Waals surface area contributed by atoms with Crippen LogP contribution in [-0.2, 0) is 11.3 Å². The molecule has 122 valence electrons. The van der Waals surface area contributed by atoms with Crippen LogP contribution in [0.5, 0.6) is 0 Å². The third kappa shape index (κ3) is 2.96. The summed E-state index contributed by atoms with van der Waals surface area (Å²) in [7, 11) is 0. The fourth-order valence-electron chi connectivity index (χ4n) is 3.09. The van der Waals surface area contributed by atoms with Crippen LogP contribution in [0.1, 0.15) is 16.7 Å². The van der Waals surface area contributed by atoms with Crippen LogP contribution in [0.15, 0.2) is 78.9 Å². The van der Waals surface area contributed by atoms with E-state index in [0.29, 0.717) is 12.1 Å². The molecule has 0 spiro atoms. The molecule has 3 aromatic carbocycles. The van der Waals surface area contributed by atoms with Gasteiger partial charge in [0, 0.05) is 11.1 Å². The van der Waals surface area contributed by atoms with Crippen molar-refractivity contribution in [2.75, 3.05) is 4.90 Å². The molecule has 1 heterocycles. The molecule has 0 N–H and O–H groups in total. The van der Waals surface area contributed by atoms with E-state index in [2.05, 4.69) is 0 Å². The van der Waals surface area contributed by atoms with Crippen LogP contribution >= 0.6 is 0 Å². The number of para-hydroxylation sites is 1. The molecule has 3 aromatic rings. The predicted octanol–water partition coefficient (Wildman–Crippen LogP) is 4.91. The first-order valence-electron chi connectivity index (χ1n) is 8.15. The molecule has 0 aliphatic carbocycles. The number of anilines is 1. The van der Waals surface area contributed by atoms with Crippen LogP contribution in [0.25, 0.3) is 11.6 Å². The first-order valence-corrected chi connectivity index (χ1v) is 8.15. The van der Waals surface area contributed by atoms with Crippen LogP contribution in [-0.4, -0.2) is 5.91 Å². The standard InChI is InChI=1S/C22H16FNO/c23-18-12-10-17(11-13-18)15-24-21-9-5-4-8-19(21)20(22(24)25)14-16-6-2-1-3-7-16/h1-14H,15H2. The number of halogens is 1. The Kier molecular flexibility index (Phi) is 3.90. The van der Waals surface area contributed by atoms with E-state index < -0.39 is 0 Å². The molecule has 0 saturated heterocycles. The summed E-state index contributed by atoms with van der Waals surface area (Å²) in [5.74, 6) is -0.309. The van der Waals surface area contributed by atoms with Gasteiger partial charge in [0.15, 0.2) is 0 Å². The normalized spacial score (nSPS) is 14.8. The Morgan fingerprint density at radius 3 is 2.28 bits per heavy atom. The maximum absolute atomic E-state index is 13.1. The fourth-order valence-corrected chi connectivity index (χ4v) is 3.09. The van der Waals surface area contributed by atoms with Crippen LogP contribution in [0, 0.1) is 5.82 Å². The smallest absolute Gasteiger partial charge is 0.259 e. The van der Waals surface area contributed by atoms with Crippen molar-refractivity contribution in [1.82, 2.24) is 0 Å². The average Bonchev–Trinajstić information content (AvgIpc) is 2.90. The Labute approximate surface area is 145 Å². The third-order valence-electron chi connectivity index (χ3n) is 4.33. The highest BCUT2D eigenvalue weighted by atomic mass is 19.1. The topological polar surface area (TPSA) is 20.3 Å². The lowest BCUT2D eigenvalue weighted by Crippen LogP contribution is -2.25. The summed E-state index contributed by atoms with van der Waals surface area (Å²) in [5, 5.41) is 0. The molecule has 3 heteroatoms. The van der Waals surface area contributed by atoms with Gasteiger partial charge in [-0.15, -0.1) is 0 Å². The summed E-state index contributed by atoms with van der Waals surface area (Å²) in [6.45, 7) is 0.419. The molecule has 0 radical (unpaired) electrons. The van der Waals surface area contributed by atoms with Gasteiger partial charge in [-0.1, -0.05) is 60.7 Å². The lowest BCUT2D eigenvalue weighted by Gasteiger charge is -2.17. The molecule has 0 unspecified atom stereocenters. The van der Waals surface area contributed by atoms with Crippen molar-refractivity contribution in [1.29, 1.82) is 0 Å². The number of carbonyl (C=O) groups excluding carboxylic acids is 1. The van der Waals surface area contributed by atoms with Crippen molar-refractivity contribution in [3.05, 3.63) is 101 Å². The Bertz CT molecular complexity index is 945. The summed E-state index contributed by atoms with van der Waals surface area (Å²) in [5.41, 5.74) is 4.39. The predicted molar refractivity (Wildman–Crippen MR) is 98.3 cm³/mol. The highest BCUT2D eigenvalue weighted by molar-refractivity contribution is 6.35. The van der Waals surface area contributed by atoms with Crippen molar-refractivity contribution in [3.8, 4) is 0 Å². The van der Waals surface area contributed by atoms with E-state index in [1.54, 1.807) is 17.0 Å². The maximum atomic E-state index is 13.1. The SMILES string of the molecule is O=C1C(=Cc2ccccc2)c2ccccc2N1Cc1ccc(F)cc1. The summed E-state index contributed by atoms with van der Waals surface area (Å²) in [6, 6.07) is 23.8. The largest absolute Gasteiger partial charge is 0.303 e. The molecule has 1 aliphatic heterocycles. The van der Waals surface area contributed by atoms with E-state index in [1.807, 2.05) is 60.7 Å². The van der Waals surface area contributed by atoms with E-state index in [0.717, 1.165) is 22.4 Å². The Balaban J connectivity index is 1.73. The molecule has 1 aliphatic rings. The Hall–Kier alpha value is -3.20. The highest BCUT2D eigenvalue weighted by Crippen LogP contribution is 2.38. The van der Waals surface area contributed by atoms with Gasteiger partial charge in [-0.2, -0.15) is 0 Å². The molecule has 0 saturated carbocycles. The molecule has 4 rings (SSSR count). The number of nitrogens with zero attached hydrogens (tertiary/aromatic N) is 1. The molecular weight excluding hydrogens is 313 g/mol. The van der Waals surface area contributed by atoms with Gasteiger partial charge in [-0.3, -0.25) is 4.79 Å². The van der Waals surface area contributed by atoms with Gasteiger partial charge < -0.3 is 4.90 Å². The van der Waals surface area contributed by atoms with Gasteiger partial charge in [0.05, 0.1) is 12.2 Å². The molecule has 25 heavy (non-hydrogen) atoms. The minimum atomic E-state index is -0.276. The number of rotatable bonds is 3. The van der Waals surface area contributed by atoms with Crippen LogP contribution in [0.4, 0.5) is 10.1 Å². The van der Waals surface area contributed by atoms with E-state index in [-0.39, 0.29) is 11.7 Å². The Morgan fingerprint density at radius 1 is 0.840 bits per heavy atom. The lowest BCUT2D eigenvalue weighted by atomic mass is 10.0. The molecule has 1 amide bonds. The summed E-state index contributed by atoms with van der Waals surface area (Å²) in [6.07, 6.45) is 1.92. The number of amides is 1. The van der Waals surface area contributed by atoms with Crippen molar-refractivity contribution < 1.29 is 9.18 Å². The molecule has 0 fully saturated rings. The first-order chi connectivity index (χ1) is 12.2. The van der Waals surface area contributed by atoms with E-state index in [4.69, 9.17) is 0 Å². The van der Waals surface area contributed by atoms with E-state index >= 15 is 0 Å². The van der Waals surface area contributed by atoms with Gasteiger partial charge in [0.1, 0.15) is 5.82 Å².